The molecule has 1 aromatic heterocycles. The molecule has 18 heavy (non-hydrogen) atoms. The minimum Gasteiger partial charge on any atom is -0.310 e. The van der Waals surface area contributed by atoms with Crippen molar-refractivity contribution in [2.45, 2.75) is 31.7 Å². The molecular formula is C14H16Cl2N2. The third-order valence-corrected chi connectivity index (χ3v) is 4.64. The Balaban J connectivity index is 1.94. The van der Waals surface area contributed by atoms with E-state index in [-0.39, 0.29) is 0 Å². The van der Waals surface area contributed by atoms with Crippen molar-refractivity contribution in [3.8, 4) is 0 Å². The lowest BCUT2D eigenvalue weighted by Crippen LogP contribution is -2.43. The molecule has 2 nitrogen and oxygen atoms in total. The second-order valence-electron chi connectivity index (χ2n) is 5.07. The average molecular weight is 283 g/mol. The Bertz CT molecular complexity index is 485. The first kappa shape index (κ1) is 12.5. The van der Waals surface area contributed by atoms with E-state index in [1.54, 1.807) is 0 Å². The number of nitrogens with one attached hydrogen (secondary N) is 1. The van der Waals surface area contributed by atoms with Crippen LogP contribution in [0.1, 0.15) is 31.2 Å². The lowest BCUT2D eigenvalue weighted by Gasteiger charge is -2.37. The first-order chi connectivity index (χ1) is 8.75. The lowest BCUT2D eigenvalue weighted by atomic mass is 9.77. The maximum Gasteiger partial charge on any atom is 0.147 e. The Hall–Kier alpha value is -0.570. The number of hydrogen-bond acceptors (Lipinski definition) is 2. The van der Waals surface area contributed by atoms with Crippen LogP contribution >= 0.6 is 23.2 Å². The fourth-order valence-corrected chi connectivity index (χ4v) is 3.36. The van der Waals surface area contributed by atoms with E-state index in [1.807, 2.05) is 12.3 Å². The zero-order chi connectivity index (χ0) is 12.5. The van der Waals surface area contributed by atoms with Crippen LogP contribution in [0.5, 0.6) is 0 Å². The van der Waals surface area contributed by atoms with Gasteiger partial charge < -0.3 is 5.32 Å². The van der Waals surface area contributed by atoms with Gasteiger partial charge in [0.2, 0.25) is 0 Å². The van der Waals surface area contributed by atoms with E-state index in [0.29, 0.717) is 16.2 Å². The van der Waals surface area contributed by atoms with Gasteiger partial charge >= 0.3 is 0 Å². The molecule has 1 aromatic rings. The molecule has 1 N–H and O–H groups in total. The van der Waals surface area contributed by atoms with Crippen molar-refractivity contribution in [2.24, 2.45) is 5.92 Å². The fraction of sp³-hybridized carbons (Fsp3) is 0.500. The van der Waals surface area contributed by atoms with Crippen molar-refractivity contribution >= 4 is 28.8 Å². The van der Waals surface area contributed by atoms with E-state index in [4.69, 9.17) is 23.2 Å². The Morgan fingerprint density at radius 2 is 2.17 bits per heavy atom. The van der Waals surface area contributed by atoms with Crippen molar-refractivity contribution in [3.05, 3.63) is 34.1 Å². The third-order valence-electron chi connectivity index (χ3n) is 3.95. The van der Waals surface area contributed by atoms with Crippen LogP contribution in [-0.2, 0) is 0 Å². The molecular weight excluding hydrogens is 267 g/mol. The smallest absolute Gasteiger partial charge is 0.147 e. The molecule has 0 radical (unpaired) electrons. The second kappa shape index (κ2) is 5.20. The largest absolute Gasteiger partial charge is 0.310 e. The summed E-state index contributed by atoms with van der Waals surface area (Å²) in [5.74, 6) is 0.758. The van der Waals surface area contributed by atoms with Gasteiger partial charge in [0.25, 0.3) is 0 Å². The van der Waals surface area contributed by atoms with Crippen LogP contribution in [0, 0.1) is 5.92 Å². The second-order valence-corrected chi connectivity index (χ2v) is 5.83. The van der Waals surface area contributed by atoms with Gasteiger partial charge in [0, 0.05) is 12.2 Å². The number of nitrogens with zero attached hydrogens (tertiary/aromatic N) is 1. The van der Waals surface area contributed by atoms with Crippen molar-refractivity contribution < 1.29 is 0 Å². The number of rotatable bonds is 1. The summed E-state index contributed by atoms with van der Waals surface area (Å²) in [7, 11) is 0. The number of aromatic nitrogens is 1. The van der Waals surface area contributed by atoms with Crippen LogP contribution in [0.15, 0.2) is 18.3 Å². The molecule has 4 heteroatoms. The van der Waals surface area contributed by atoms with E-state index in [1.165, 1.54) is 24.8 Å². The molecule has 3 rings (SSSR count). The summed E-state index contributed by atoms with van der Waals surface area (Å²) >= 11 is 11.9. The molecule has 0 spiro atoms. The molecule has 2 heterocycles. The first-order valence-electron chi connectivity index (χ1n) is 6.50. The van der Waals surface area contributed by atoms with Gasteiger partial charge in [0.05, 0.1) is 5.02 Å². The molecule has 1 fully saturated rings. The topological polar surface area (TPSA) is 24.9 Å². The van der Waals surface area contributed by atoms with Gasteiger partial charge in [-0.05, 0) is 55.3 Å². The zero-order valence-corrected chi connectivity index (χ0v) is 11.6. The lowest BCUT2D eigenvalue weighted by molar-refractivity contribution is 0.304. The molecule has 0 aromatic carbocycles. The Kier molecular flexibility index (Phi) is 3.60. The van der Waals surface area contributed by atoms with Crippen LogP contribution < -0.4 is 5.32 Å². The van der Waals surface area contributed by atoms with Gasteiger partial charge in [-0.2, -0.15) is 0 Å². The molecule has 1 aliphatic heterocycles. The highest BCUT2D eigenvalue weighted by molar-refractivity contribution is 6.41. The summed E-state index contributed by atoms with van der Waals surface area (Å²) in [4.78, 5) is 4.16. The Morgan fingerprint density at radius 1 is 1.28 bits per heavy atom. The molecule has 1 saturated heterocycles. The highest BCUT2D eigenvalue weighted by Gasteiger charge is 2.30. The van der Waals surface area contributed by atoms with E-state index < -0.39 is 0 Å². The number of piperidine rings is 1. The highest BCUT2D eigenvalue weighted by atomic mass is 35.5. The molecule has 0 saturated carbocycles. The van der Waals surface area contributed by atoms with Crippen molar-refractivity contribution in [1.29, 1.82) is 0 Å². The minimum atomic E-state index is 0.380. The molecule has 2 aliphatic rings. The molecule has 1 aliphatic carbocycles. The fourth-order valence-electron chi connectivity index (χ4n) is 3.09. The van der Waals surface area contributed by atoms with Crippen molar-refractivity contribution in [2.75, 3.05) is 6.54 Å². The van der Waals surface area contributed by atoms with Gasteiger partial charge in [-0.1, -0.05) is 29.3 Å². The van der Waals surface area contributed by atoms with Gasteiger partial charge in [-0.3, -0.25) is 0 Å². The number of pyridine rings is 1. The Labute approximate surface area is 117 Å². The summed E-state index contributed by atoms with van der Waals surface area (Å²) in [5, 5.41) is 4.55. The van der Waals surface area contributed by atoms with Gasteiger partial charge in [-0.25, -0.2) is 4.98 Å². The summed E-state index contributed by atoms with van der Waals surface area (Å²) < 4.78 is 0. The Morgan fingerprint density at radius 3 is 3.00 bits per heavy atom. The zero-order valence-electron chi connectivity index (χ0n) is 10.1. The maximum atomic E-state index is 6.07. The maximum absolute atomic E-state index is 6.07. The van der Waals surface area contributed by atoms with Crippen molar-refractivity contribution in [3.63, 3.8) is 0 Å². The third kappa shape index (κ3) is 2.29. The minimum absolute atomic E-state index is 0.380. The average Bonchev–Trinajstić information content (AvgIpc) is 2.41. The number of hydrogen-bond donors (Lipinski definition) is 1. The number of fused-ring (bicyclic) bond motifs is 1. The summed E-state index contributed by atoms with van der Waals surface area (Å²) in [5.41, 5.74) is 2.45. The van der Waals surface area contributed by atoms with Crippen LogP contribution in [0.4, 0.5) is 0 Å². The molecule has 96 valence electrons. The predicted octanol–water partition coefficient (Wildman–Crippen LogP) is 3.93. The van der Waals surface area contributed by atoms with Crippen LogP contribution in [0.25, 0.3) is 5.57 Å². The summed E-state index contributed by atoms with van der Waals surface area (Å²) in [6, 6.07) is 2.40. The van der Waals surface area contributed by atoms with E-state index in [0.717, 1.165) is 24.4 Å². The van der Waals surface area contributed by atoms with Crippen LogP contribution in [0.3, 0.4) is 0 Å². The predicted molar refractivity (Wildman–Crippen MR) is 76.0 cm³/mol. The van der Waals surface area contributed by atoms with Crippen LogP contribution in [-0.4, -0.2) is 17.6 Å². The summed E-state index contributed by atoms with van der Waals surface area (Å²) in [6.07, 6.45) is 9.20. The standard InChI is InChI=1S/C14H16Cl2N2/c15-12-7-10(8-18-14(12)16)11-5-1-3-9-4-2-6-17-13(9)11/h5,7-9,13,17H,1-4,6H2. The van der Waals surface area contributed by atoms with Crippen molar-refractivity contribution in [1.82, 2.24) is 10.3 Å². The number of halogens is 2. The summed E-state index contributed by atoms with van der Waals surface area (Å²) in [6.45, 7) is 1.10. The van der Waals surface area contributed by atoms with Gasteiger partial charge in [-0.15, -0.1) is 0 Å². The van der Waals surface area contributed by atoms with Gasteiger partial charge in [0.1, 0.15) is 5.15 Å². The highest BCUT2D eigenvalue weighted by Crippen LogP contribution is 2.36. The quantitative estimate of drug-likeness (QED) is 0.790. The monoisotopic (exact) mass is 282 g/mol. The van der Waals surface area contributed by atoms with E-state index in [2.05, 4.69) is 16.4 Å². The number of allylic oxidation sites excluding steroid dienone is 1. The van der Waals surface area contributed by atoms with Gasteiger partial charge in [0.15, 0.2) is 0 Å². The molecule has 2 atom stereocenters. The SMILES string of the molecule is Clc1cc(C2=CCCC3CCCNC23)cnc1Cl. The van der Waals surface area contributed by atoms with E-state index >= 15 is 0 Å². The molecule has 2 unspecified atom stereocenters. The first-order valence-corrected chi connectivity index (χ1v) is 7.26. The molecule has 0 amide bonds. The normalized spacial score (nSPS) is 27.6. The molecule has 0 bridgehead atoms. The van der Waals surface area contributed by atoms with Crippen LogP contribution in [0.2, 0.25) is 10.2 Å². The van der Waals surface area contributed by atoms with E-state index in [9.17, 15) is 0 Å².